The number of benzene rings is 2. The van der Waals surface area contributed by atoms with Crippen molar-refractivity contribution in [3.8, 4) is 11.5 Å². The van der Waals surface area contributed by atoms with Gasteiger partial charge >= 0.3 is 6.09 Å². The van der Waals surface area contributed by atoms with Crippen LogP contribution in [0.25, 0.3) is 11.0 Å². The first-order valence-corrected chi connectivity index (χ1v) is 11.9. The summed E-state index contributed by atoms with van der Waals surface area (Å²) in [6.07, 6.45) is 3.62. The van der Waals surface area contributed by atoms with Crippen LogP contribution in [0.15, 0.2) is 46.1 Å². The summed E-state index contributed by atoms with van der Waals surface area (Å²) >= 11 is 1.29. The van der Waals surface area contributed by atoms with E-state index in [9.17, 15) is 4.79 Å². The zero-order chi connectivity index (χ0) is 25.7. The number of nitrogens with zero attached hydrogens (tertiary/aromatic N) is 3. The van der Waals surface area contributed by atoms with Crippen LogP contribution in [0.4, 0.5) is 15.0 Å². The standard InChI is InChI=1S/C24H26FN5O5S/c1-5-14-6-7-17(32-2)19(8-14)36-29-23-20-18(35-28-23)9-16(21(25)22(20)33-3)13-30-12-15(11-27-30)10-26-24(31)34-4/h6-9,11-12H,5,10,13H2,1-4H3,(H,26,31)(H,28,29). The number of aryl methyl sites for hydroxylation is 1. The molecular weight excluding hydrogens is 489 g/mol. The number of alkyl carbamates (subject to hydrolysis) is 1. The Kier molecular flexibility index (Phi) is 7.84. The van der Waals surface area contributed by atoms with Gasteiger partial charge in [-0.05, 0) is 42.1 Å². The van der Waals surface area contributed by atoms with E-state index in [4.69, 9.17) is 14.0 Å². The van der Waals surface area contributed by atoms with Gasteiger partial charge in [0.2, 0.25) is 0 Å². The number of hydrogen-bond acceptors (Lipinski definition) is 9. The molecule has 0 atom stereocenters. The van der Waals surface area contributed by atoms with Gasteiger partial charge in [-0.15, -0.1) is 0 Å². The van der Waals surface area contributed by atoms with Crippen molar-refractivity contribution in [3.05, 3.63) is 59.2 Å². The highest BCUT2D eigenvalue weighted by atomic mass is 32.2. The minimum absolute atomic E-state index is 0.0147. The topological polar surface area (TPSA) is 113 Å². The van der Waals surface area contributed by atoms with Gasteiger partial charge in [-0.25, -0.2) is 9.18 Å². The molecule has 0 aliphatic rings. The van der Waals surface area contributed by atoms with Crippen molar-refractivity contribution in [2.24, 2.45) is 0 Å². The van der Waals surface area contributed by atoms with Crippen molar-refractivity contribution in [3.63, 3.8) is 0 Å². The van der Waals surface area contributed by atoms with E-state index in [0.717, 1.165) is 22.4 Å². The largest absolute Gasteiger partial charge is 0.496 e. The van der Waals surface area contributed by atoms with E-state index in [1.807, 2.05) is 18.2 Å². The van der Waals surface area contributed by atoms with E-state index >= 15 is 4.39 Å². The van der Waals surface area contributed by atoms with Crippen molar-refractivity contribution >= 4 is 34.8 Å². The molecule has 0 spiro atoms. The molecule has 0 radical (unpaired) electrons. The number of methoxy groups -OCH3 is 3. The fraction of sp³-hybridized carbons (Fsp3) is 0.292. The molecule has 0 fully saturated rings. The number of nitrogens with one attached hydrogen (secondary N) is 2. The monoisotopic (exact) mass is 515 g/mol. The number of carbonyl (C=O) groups excluding carboxylic acids is 1. The van der Waals surface area contributed by atoms with Crippen molar-refractivity contribution in [2.45, 2.75) is 31.3 Å². The maximum absolute atomic E-state index is 15.5. The van der Waals surface area contributed by atoms with Gasteiger partial charge in [0.15, 0.2) is 23.0 Å². The Hall–Kier alpha value is -3.93. The lowest BCUT2D eigenvalue weighted by atomic mass is 10.1. The number of aromatic nitrogens is 3. The third-order valence-corrected chi connectivity index (χ3v) is 6.31. The first-order chi connectivity index (χ1) is 17.5. The smallest absolute Gasteiger partial charge is 0.407 e. The predicted molar refractivity (Wildman–Crippen MR) is 133 cm³/mol. The molecule has 2 N–H and O–H groups in total. The lowest BCUT2D eigenvalue weighted by molar-refractivity contribution is 0.170. The Morgan fingerprint density at radius 1 is 1.19 bits per heavy atom. The second kappa shape index (κ2) is 11.2. The van der Waals surface area contributed by atoms with Gasteiger partial charge in [0.05, 0.1) is 39.0 Å². The summed E-state index contributed by atoms with van der Waals surface area (Å²) in [7, 11) is 4.29. The highest BCUT2D eigenvalue weighted by molar-refractivity contribution is 8.00. The van der Waals surface area contributed by atoms with Gasteiger partial charge in [0.1, 0.15) is 11.1 Å². The Balaban J connectivity index is 1.57. The molecule has 0 unspecified atom stereocenters. The van der Waals surface area contributed by atoms with Crippen molar-refractivity contribution in [1.82, 2.24) is 20.3 Å². The summed E-state index contributed by atoms with van der Waals surface area (Å²) in [4.78, 5) is 12.1. The van der Waals surface area contributed by atoms with Crippen LogP contribution < -0.4 is 19.5 Å². The quantitative estimate of drug-likeness (QED) is 0.289. The maximum Gasteiger partial charge on any atom is 0.407 e. The molecule has 12 heteroatoms. The van der Waals surface area contributed by atoms with E-state index in [-0.39, 0.29) is 18.8 Å². The Morgan fingerprint density at radius 2 is 2.03 bits per heavy atom. The van der Waals surface area contributed by atoms with Crippen LogP contribution in [0.1, 0.15) is 23.6 Å². The van der Waals surface area contributed by atoms with Crippen LogP contribution in [-0.4, -0.2) is 42.4 Å². The molecule has 0 bridgehead atoms. The molecule has 0 aliphatic heterocycles. The fourth-order valence-corrected chi connectivity index (χ4v) is 4.41. The van der Waals surface area contributed by atoms with Gasteiger partial charge in [0.25, 0.3) is 0 Å². The number of fused-ring (bicyclic) bond motifs is 1. The molecule has 2 aromatic carbocycles. The average molecular weight is 516 g/mol. The minimum atomic E-state index is -0.548. The van der Waals surface area contributed by atoms with E-state index in [1.54, 1.807) is 30.3 Å². The van der Waals surface area contributed by atoms with Crippen LogP contribution >= 0.6 is 11.9 Å². The number of hydrogen-bond donors (Lipinski definition) is 2. The van der Waals surface area contributed by atoms with Crippen LogP contribution in [-0.2, 0) is 24.2 Å². The molecular formula is C24H26FN5O5S. The van der Waals surface area contributed by atoms with E-state index in [2.05, 4.69) is 32.0 Å². The van der Waals surface area contributed by atoms with Crippen LogP contribution in [0.2, 0.25) is 0 Å². The van der Waals surface area contributed by atoms with E-state index < -0.39 is 11.9 Å². The summed E-state index contributed by atoms with van der Waals surface area (Å²) in [6.45, 7) is 2.43. The third kappa shape index (κ3) is 5.33. The first-order valence-electron chi connectivity index (χ1n) is 11.0. The van der Waals surface area contributed by atoms with E-state index in [0.29, 0.717) is 28.1 Å². The molecule has 4 aromatic rings. The van der Waals surface area contributed by atoms with Gasteiger partial charge in [-0.2, -0.15) is 5.10 Å². The molecule has 2 heterocycles. The molecule has 190 valence electrons. The normalized spacial score (nSPS) is 10.9. The summed E-state index contributed by atoms with van der Waals surface area (Å²) in [5.74, 6) is 0.507. The number of ether oxygens (including phenoxy) is 3. The van der Waals surface area contributed by atoms with Gasteiger partial charge in [-0.1, -0.05) is 18.1 Å². The Morgan fingerprint density at radius 3 is 2.75 bits per heavy atom. The minimum Gasteiger partial charge on any atom is -0.496 e. The number of rotatable bonds is 10. The zero-order valence-corrected chi connectivity index (χ0v) is 21.1. The zero-order valence-electron chi connectivity index (χ0n) is 20.3. The highest BCUT2D eigenvalue weighted by Crippen LogP contribution is 2.39. The molecule has 0 saturated heterocycles. The second-order valence-corrected chi connectivity index (χ2v) is 8.57. The van der Waals surface area contributed by atoms with Crippen LogP contribution in [0, 0.1) is 5.82 Å². The molecule has 10 nitrogen and oxygen atoms in total. The molecule has 36 heavy (non-hydrogen) atoms. The molecule has 1 amide bonds. The van der Waals surface area contributed by atoms with E-state index in [1.165, 1.54) is 26.2 Å². The van der Waals surface area contributed by atoms with Crippen molar-refractivity contribution in [1.29, 1.82) is 0 Å². The number of anilines is 1. The lowest BCUT2D eigenvalue weighted by Crippen LogP contribution is -2.21. The van der Waals surface area contributed by atoms with Crippen molar-refractivity contribution in [2.75, 3.05) is 26.1 Å². The summed E-state index contributed by atoms with van der Waals surface area (Å²) in [5, 5.41) is 11.3. The molecule has 0 saturated carbocycles. The number of carbonyl (C=O) groups is 1. The fourth-order valence-electron chi connectivity index (χ4n) is 3.60. The average Bonchev–Trinajstić information content (AvgIpc) is 3.52. The number of halogens is 1. The van der Waals surface area contributed by atoms with Crippen LogP contribution in [0.3, 0.4) is 0 Å². The SMILES string of the molecule is CCc1ccc(OC)c(SNc2noc3cc(Cn4cc(CNC(=O)OC)cn4)c(F)c(OC)c23)c1. The number of amides is 1. The summed E-state index contributed by atoms with van der Waals surface area (Å²) in [5.41, 5.74) is 2.56. The lowest BCUT2D eigenvalue weighted by Gasteiger charge is -2.11. The molecule has 4 rings (SSSR count). The van der Waals surface area contributed by atoms with Gasteiger partial charge in [-0.3, -0.25) is 4.68 Å². The third-order valence-electron chi connectivity index (χ3n) is 5.47. The van der Waals surface area contributed by atoms with Gasteiger partial charge < -0.3 is 28.8 Å². The Bertz CT molecular complexity index is 1370. The van der Waals surface area contributed by atoms with Gasteiger partial charge in [0, 0.05) is 23.9 Å². The summed E-state index contributed by atoms with van der Waals surface area (Å²) in [6, 6.07) is 7.51. The van der Waals surface area contributed by atoms with Crippen molar-refractivity contribution < 1.29 is 27.9 Å². The molecule has 2 aromatic heterocycles. The second-order valence-electron chi connectivity index (χ2n) is 7.72. The summed E-state index contributed by atoms with van der Waals surface area (Å²) < 4.78 is 41.1. The Labute approximate surface area is 211 Å². The molecule has 0 aliphatic carbocycles. The first kappa shape index (κ1) is 25.2. The predicted octanol–water partition coefficient (Wildman–Crippen LogP) is 4.77. The highest BCUT2D eigenvalue weighted by Gasteiger charge is 2.22. The van der Waals surface area contributed by atoms with Crippen LogP contribution in [0.5, 0.6) is 11.5 Å². The maximum atomic E-state index is 15.5.